The van der Waals surface area contributed by atoms with Crippen molar-refractivity contribution in [3.05, 3.63) is 47.2 Å². The molecule has 0 fully saturated rings. The number of carbonyl (C=O) groups is 1. The van der Waals surface area contributed by atoms with Crippen LogP contribution in [-0.4, -0.2) is 31.7 Å². The number of ether oxygens (including phenoxy) is 1. The first-order valence-corrected chi connectivity index (χ1v) is 8.25. The maximum Gasteiger partial charge on any atom is 1.00 e. The Morgan fingerprint density at radius 1 is 1.32 bits per heavy atom. The topological polar surface area (TPSA) is 121 Å². The van der Waals surface area contributed by atoms with Gasteiger partial charge in [-0.05, 0) is 43.2 Å². The van der Waals surface area contributed by atoms with Gasteiger partial charge in [0.2, 0.25) is 5.09 Å². The van der Waals surface area contributed by atoms with Crippen LogP contribution in [0.25, 0.3) is 0 Å². The van der Waals surface area contributed by atoms with Gasteiger partial charge in [-0.15, -0.1) is 0 Å². The molecular formula is C15H15N2NaO6S. The molecule has 2 rings (SSSR count). The molecule has 128 valence electrons. The van der Waals surface area contributed by atoms with Crippen LogP contribution in [0.15, 0.2) is 44.9 Å². The molecule has 0 radical (unpaired) electrons. The van der Waals surface area contributed by atoms with Gasteiger partial charge in [-0.1, -0.05) is 12.1 Å². The molecule has 0 saturated carbocycles. The van der Waals surface area contributed by atoms with E-state index in [2.05, 4.69) is 10.5 Å². The van der Waals surface area contributed by atoms with Crippen molar-refractivity contribution >= 4 is 22.2 Å². The summed E-state index contributed by atoms with van der Waals surface area (Å²) >= 11 is 0. The molecule has 1 N–H and O–H groups in total. The largest absolute Gasteiger partial charge is 1.00 e. The fraction of sp³-hybridized carbons (Fsp3) is 0.200. The maximum absolute atomic E-state index is 11.6. The van der Waals surface area contributed by atoms with Crippen molar-refractivity contribution in [1.82, 2.24) is 5.43 Å². The van der Waals surface area contributed by atoms with E-state index in [4.69, 9.17) is 9.15 Å². The Labute approximate surface area is 167 Å². The van der Waals surface area contributed by atoms with E-state index >= 15 is 0 Å². The minimum absolute atomic E-state index is 0. The number of carbonyl (C=O) groups excluding carboxylic acids is 1. The third kappa shape index (κ3) is 6.29. The van der Waals surface area contributed by atoms with E-state index in [1.807, 2.05) is 26.0 Å². The summed E-state index contributed by atoms with van der Waals surface area (Å²) in [5.74, 6) is 0.112. The summed E-state index contributed by atoms with van der Waals surface area (Å²) in [6.45, 7) is 3.59. The second kappa shape index (κ2) is 9.16. The zero-order chi connectivity index (χ0) is 17.7. The Morgan fingerprint density at radius 3 is 2.68 bits per heavy atom. The first-order chi connectivity index (χ1) is 11.3. The van der Waals surface area contributed by atoms with Crippen LogP contribution in [0.2, 0.25) is 0 Å². The molecule has 2 aromatic rings. The second-order valence-electron chi connectivity index (χ2n) is 4.89. The summed E-state index contributed by atoms with van der Waals surface area (Å²) in [7, 11) is -4.66. The number of hydrogen-bond donors (Lipinski definition) is 1. The number of nitrogens with zero attached hydrogens (tertiary/aromatic N) is 1. The Balaban J connectivity index is 0.00000312. The average molecular weight is 374 g/mol. The van der Waals surface area contributed by atoms with E-state index in [9.17, 15) is 17.8 Å². The normalized spacial score (nSPS) is 11.2. The average Bonchev–Trinajstić information content (AvgIpc) is 2.98. The van der Waals surface area contributed by atoms with Crippen molar-refractivity contribution in [2.45, 2.75) is 18.9 Å². The minimum Gasteiger partial charge on any atom is -0.742 e. The van der Waals surface area contributed by atoms with Gasteiger partial charge in [0.15, 0.2) is 16.7 Å². The first kappa shape index (κ1) is 21.4. The molecule has 0 aliphatic heterocycles. The van der Waals surface area contributed by atoms with Crippen molar-refractivity contribution in [2.24, 2.45) is 5.10 Å². The quantitative estimate of drug-likeness (QED) is 0.279. The van der Waals surface area contributed by atoms with Crippen LogP contribution in [-0.2, 0) is 14.9 Å². The summed E-state index contributed by atoms with van der Waals surface area (Å²) in [6, 6.07) is 7.77. The van der Waals surface area contributed by atoms with Crippen LogP contribution >= 0.6 is 0 Å². The van der Waals surface area contributed by atoms with Crippen molar-refractivity contribution in [3.63, 3.8) is 0 Å². The SMILES string of the molecule is Cc1cccc(OCC(=O)N/N=C/c2ccc(S(=O)(=O)[O-])o2)c1C.[Na+]. The van der Waals surface area contributed by atoms with E-state index < -0.39 is 21.1 Å². The number of furan rings is 1. The number of hydrazone groups is 1. The standard InChI is InChI=1S/C15H16N2O6S.Na/c1-10-4-3-5-13(11(10)2)22-9-14(18)17-16-8-12-6-7-15(23-12)24(19,20)21;/h3-8H,9H2,1-2H3,(H,17,18)(H,19,20,21);/q;+1/p-1/b16-8+;. The van der Waals surface area contributed by atoms with Crippen molar-refractivity contribution < 1.29 is 56.5 Å². The van der Waals surface area contributed by atoms with Crippen LogP contribution in [0.5, 0.6) is 5.75 Å². The molecule has 1 aromatic heterocycles. The van der Waals surface area contributed by atoms with E-state index in [1.54, 1.807) is 6.07 Å². The molecule has 1 aromatic carbocycles. The molecule has 1 amide bonds. The van der Waals surface area contributed by atoms with E-state index in [1.165, 1.54) is 6.07 Å². The number of hydrogen-bond acceptors (Lipinski definition) is 7. The predicted octanol–water partition coefficient (Wildman–Crippen LogP) is -1.67. The molecule has 0 saturated heterocycles. The Morgan fingerprint density at radius 2 is 2.04 bits per heavy atom. The van der Waals surface area contributed by atoms with E-state index in [0.29, 0.717) is 5.75 Å². The molecule has 10 heteroatoms. The monoisotopic (exact) mass is 374 g/mol. The number of benzene rings is 1. The number of rotatable bonds is 6. The summed E-state index contributed by atoms with van der Waals surface area (Å²) in [6.07, 6.45) is 1.07. The number of aryl methyl sites for hydroxylation is 1. The first-order valence-electron chi connectivity index (χ1n) is 6.84. The summed E-state index contributed by atoms with van der Waals surface area (Å²) in [4.78, 5) is 11.6. The van der Waals surface area contributed by atoms with Crippen LogP contribution in [0.3, 0.4) is 0 Å². The molecule has 0 unspecified atom stereocenters. The van der Waals surface area contributed by atoms with Crippen LogP contribution < -0.4 is 39.7 Å². The van der Waals surface area contributed by atoms with Crippen LogP contribution in [0, 0.1) is 13.8 Å². The van der Waals surface area contributed by atoms with Gasteiger partial charge in [0.25, 0.3) is 5.91 Å². The third-order valence-corrected chi connectivity index (χ3v) is 3.86. The van der Waals surface area contributed by atoms with Gasteiger partial charge in [0.05, 0.1) is 6.21 Å². The zero-order valence-corrected chi connectivity index (χ0v) is 16.8. The summed E-state index contributed by atoms with van der Waals surface area (Å²) in [5, 5.41) is 2.88. The Hall–Kier alpha value is -1.65. The molecule has 1 heterocycles. The number of amides is 1. The summed E-state index contributed by atoms with van der Waals surface area (Å²) < 4.78 is 42.3. The van der Waals surface area contributed by atoms with Crippen molar-refractivity contribution in [2.75, 3.05) is 6.61 Å². The van der Waals surface area contributed by atoms with Crippen LogP contribution in [0.4, 0.5) is 0 Å². The van der Waals surface area contributed by atoms with E-state index in [-0.39, 0.29) is 41.9 Å². The molecule has 8 nitrogen and oxygen atoms in total. The Kier molecular flexibility index (Phi) is 7.84. The third-order valence-electron chi connectivity index (χ3n) is 3.14. The van der Waals surface area contributed by atoms with Gasteiger partial charge >= 0.3 is 29.6 Å². The predicted molar refractivity (Wildman–Crippen MR) is 83.8 cm³/mol. The molecule has 0 aliphatic rings. The molecule has 25 heavy (non-hydrogen) atoms. The summed E-state index contributed by atoms with van der Waals surface area (Å²) in [5.41, 5.74) is 4.19. The van der Waals surface area contributed by atoms with Gasteiger partial charge < -0.3 is 13.7 Å². The van der Waals surface area contributed by atoms with Gasteiger partial charge in [0.1, 0.15) is 11.5 Å². The van der Waals surface area contributed by atoms with Gasteiger partial charge in [-0.2, -0.15) is 5.10 Å². The molecular weight excluding hydrogens is 359 g/mol. The van der Waals surface area contributed by atoms with Gasteiger partial charge in [-0.25, -0.2) is 13.8 Å². The Bertz CT molecular complexity index is 876. The molecule has 0 aliphatic carbocycles. The van der Waals surface area contributed by atoms with E-state index in [0.717, 1.165) is 23.4 Å². The molecule has 0 atom stereocenters. The fourth-order valence-corrected chi connectivity index (χ4v) is 2.20. The van der Waals surface area contributed by atoms with Crippen molar-refractivity contribution in [3.8, 4) is 5.75 Å². The van der Waals surface area contributed by atoms with Crippen molar-refractivity contribution in [1.29, 1.82) is 0 Å². The van der Waals surface area contributed by atoms with Gasteiger partial charge in [0, 0.05) is 0 Å². The molecule has 0 spiro atoms. The smallest absolute Gasteiger partial charge is 0.742 e. The maximum atomic E-state index is 11.6. The van der Waals surface area contributed by atoms with Gasteiger partial charge in [-0.3, -0.25) is 4.79 Å². The fourth-order valence-electron chi connectivity index (χ4n) is 1.76. The minimum atomic E-state index is -4.66. The zero-order valence-electron chi connectivity index (χ0n) is 14.0. The number of nitrogens with one attached hydrogen (secondary N) is 1. The van der Waals surface area contributed by atoms with Crippen LogP contribution in [0.1, 0.15) is 16.9 Å². The second-order valence-corrected chi connectivity index (χ2v) is 6.20. The molecule has 0 bridgehead atoms.